The first-order valence-electron chi connectivity index (χ1n) is 8.80. The second-order valence-electron chi connectivity index (χ2n) is 6.78. The molecule has 134 valence electrons. The van der Waals surface area contributed by atoms with Gasteiger partial charge in [0, 0.05) is 25.0 Å². The third kappa shape index (κ3) is 3.03. The van der Waals surface area contributed by atoms with Crippen molar-refractivity contribution in [2.75, 3.05) is 26.7 Å². The van der Waals surface area contributed by atoms with E-state index >= 15 is 0 Å². The summed E-state index contributed by atoms with van der Waals surface area (Å²) in [5, 5.41) is 1.72. The fourth-order valence-electron chi connectivity index (χ4n) is 3.68. The van der Waals surface area contributed by atoms with Crippen molar-refractivity contribution in [2.24, 2.45) is 0 Å². The molecule has 1 aliphatic rings. The largest absolute Gasteiger partial charge is 0.303 e. The summed E-state index contributed by atoms with van der Waals surface area (Å²) in [6.45, 7) is 1.91. The van der Waals surface area contributed by atoms with Crippen LogP contribution in [0.1, 0.15) is 11.6 Å². The van der Waals surface area contributed by atoms with Crippen molar-refractivity contribution in [1.82, 2.24) is 9.21 Å². The Labute approximate surface area is 154 Å². The topological polar surface area (TPSA) is 40.6 Å². The molecular weight excluding hydrogens is 344 g/mol. The summed E-state index contributed by atoms with van der Waals surface area (Å²) >= 11 is 0. The molecule has 26 heavy (non-hydrogen) atoms. The average Bonchev–Trinajstić information content (AvgIpc) is 2.68. The van der Waals surface area contributed by atoms with E-state index in [1.54, 1.807) is 10.4 Å². The molecular formula is C21H22N2O2S. The molecule has 5 heteroatoms. The number of piperazine rings is 1. The lowest BCUT2D eigenvalue weighted by Crippen LogP contribution is -2.49. The Hall–Kier alpha value is -2.21. The van der Waals surface area contributed by atoms with Crippen LogP contribution in [0.15, 0.2) is 77.7 Å². The molecule has 0 N–H and O–H groups in total. The van der Waals surface area contributed by atoms with Gasteiger partial charge < -0.3 is 4.90 Å². The highest BCUT2D eigenvalue weighted by molar-refractivity contribution is 7.89. The molecule has 1 saturated heterocycles. The van der Waals surface area contributed by atoms with Gasteiger partial charge in [-0.3, -0.25) is 0 Å². The van der Waals surface area contributed by atoms with Crippen molar-refractivity contribution in [3.8, 4) is 0 Å². The zero-order valence-corrected chi connectivity index (χ0v) is 15.6. The summed E-state index contributed by atoms with van der Waals surface area (Å²) in [6.07, 6.45) is 0. The van der Waals surface area contributed by atoms with Crippen molar-refractivity contribution >= 4 is 20.8 Å². The van der Waals surface area contributed by atoms with E-state index in [2.05, 4.69) is 4.90 Å². The van der Waals surface area contributed by atoms with Crippen molar-refractivity contribution in [1.29, 1.82) is 0 Å². The van der Waals surface area contributed by atoms with Crippen LogP contribution in [0.3, 0.4) is 0 Å². The van der Waals surface area contributed by atoms with Crippen molar-refractivity contribution < 1.29 is 8.42 Å². The number of sulfonamides is 1. The first kappa shape index (κ1) is 17.2. The highest BCUT2D eigenvalue weighted by atomic mass is 32.2. The molecule has 4 nitrogen and oxygen atoms in total. The van der Waals surface area contributed by atoms with E-state index in [-0.39, 0.29) is 6.04 Å². The van der Waals surface area contributed by atoms with E-state index < -0.39 is 10.0 Å². The fourth-order valence-corrected chi connectivity index (χ4v) is 5.50. The summed E-state index contributed by atoms with van der Waals surface area (Å²) in [4.78, 5) is 2.58. The van der Waals surface area contributed by atoms with Crippen LogP contribution < -0.4 is 0 Å². The van der Waals surface area contributed by atoms with E-state index in [1.807, 2.05) is 73.8 Å². The maximum Gasteiger partial charge on any atom is 0.244 e. The van der Waals surface area contributed by atoms with Gasteiger partial charge in [-0.25, -0.2) is 8.42 Å². The molecule has 0 radical (unpaired) electrons. The monoisotopic (exact) mass is 366 g/mol. The van der Waals surface area contributed by atoms with Crippen molar-refractivity contribution in [3.05, 3.63) is 78.4 Å². The van der Waals surface area contributed by atoms with E-state index in [1.165, 1.54) is 0 Å². The van der Waals surface area contributed by atoms with Gasteiger partial charge >= 0.3 is 0 Å². The van der Waals surface area contributed by atoms with Crippen LogP contribution in [-0.2, 0) is 10.0 Å². The van der Waals surface area contributed by atoms with E-state index in [4.69, 9.17) is 0 Å². The molecule has 0 aromatic heterocycles. The van der Waals surface area contributed by atoms with E-state index in [0.29, 0.717) is 18.0 Å². The van der Waals surface area contributed by atoms with Crippen LogP contribution >= 0.6 is 0 Å². The van der Waals surface area contributed by atoms with Crippen LogP contribution in [0.4, 0.5) is 0 Å². The molecule has 3 aromatic rings. The van der Waals surface area contributed by atoms with Gasteiger partial charge in [-0.1, -0.05) is 66.7 Å². The molecule has 1 unspecified atom stereocenters. The number of fused-ring (bicyclic) bond motifs is 1. The van der Waals surface area contributed by atoms with Crippen LogP contribution in [0.25, 0.3) is 10.8 Å². The Balaban J connectivity index is 1.83. The molecule has 0 bridgehead atoms. The summed E-state index contributed by atoms with van der Waals surface area (Å²) < 4.78 is 28.9. The Morgan fingerprint density at radius 3 is 2.35 bits per heavy atom. The van der Waals surface area contributed by atoms with Gasteiger partial charge in [0.25, 0.3) is 0 Å². The SMILES string of the molecule is CN1CCN(S(=O)(=O)c2cccc3ccccc23)C(c2ccccc2)C1. The first-order valence-corrected chi connectivity index (χ1v) is 10.2. The number of hydrogen-bond donors (Lipinski definition) is 0. The van der Waals surface area contributed by atoms with Crippen molar-refractivity contribution in [2.45, 2.75) is 10.9 Å². The molecule has 1 fully saturated rings. The summed E-state index contributed by atoms with van der Waals surface area (Å²) in [5.74, 6) is 0. The normalized spacial score (nSPS) is 19.7. The van der Waals surface area contributed by atoms with Crippen molar-refractivity contribution in [3.63, 3.8) is 0 Å². The van der Waals surface area contributed by atoms with Crippen LogP contribution in [0.2, 0.25) is 0 Å². The molecule has 0 amide bonds. The van der Waals surface area contributed by atoms with Gasteiger partial charge in [-0.05, 0) is 24.1 Å². The molecule has 1 heterocycles. The van der Waals surface area contributed by atoms with Gasteiger partial charge in [0.05, 0.1) is 10.9 Å². The van der Waals surface area contributed by atoms with E-state index in [0.717, 1.165) is 22.9 Å². The predicted octanol–water partition coefficient (Wildman–Crippen LogP) is 3.52. The second-order valence-corrected chi connectivity index (χ2v) is 8.64. The lowest BCUT2D eigenvalue weighted by molar-refractivity contribution is 0.161. The third-order valence-corrected chi connectivity index (χ3v) is 7.02. The predicted molar refractivity (Wildman–Crippen MR) is 105 cm³/mol. The summed E-state index contributed by atoms with van der Waals surface area (Å²) in [7, 11) is -1.56. The Kier molecular flexibility index (Phi) is 4.53. The number of rotatable bonds is 3. The molecule has 1 aliphatic heterocycles. The number of hydrogen-bond acceptors (Lipinski definition) is 3. The minimum Gasteiger partial charge on any atom is -0.303 e. The maximum absolute atomic E-state index is 13.6. The molecule has 3 aromatic carbocycles. The Morgan fingerprint density at radius 1 is 0.846 bits per heavy atom. The minimum atomic E-state index is -3.60. The molecule has 0 aliphatic carbocycles. The highest BCUT2D eigenvalue weighted by Gasteiger charge is 2.36. The van der Waals surface area contributed by atoms with Crippen LogP contribution in [-0.4, -0.2) is 44.3 Å². The smallest absolute Gasteiger partial charge is 0.244 e. The molecule has 4 rings (SSSR count). The van der Waals surface area contributed by atoms with Gasteiger partial charge in [-0.15, -0.1) is 0 Å². The average molecular weight is 366 g/mol. The fraction of sp³-hybridized carbons (Fsp3) is 0.238. The van der Waals surface area contributed by atoms with E-state index in [9.17, 15) is 8.42 Å². The molecule has 0 spiro atoms. The second kappa shape index (κ2) is 6.83. The molecule has 0 saturated carbocycles. The number of likely N-dealkylation sites (N-methyl/N-ethyl adjacent to an activating group) is 1. The number of benzene rings is 3. The standard InChI is InChI=1S/C21H22N2O2S/c1-22-14-15-23(20(16-22)18-9-3-2-4-10-18)26(24,25)21-13-7-11-17-8-5-6-12-19(17)21/h2-13,20H,14-16H2,1H3. The summed E-state index contributed by atoms with van der Waals surface area (Å²) in [6, 6.07) is 22.9. The van der Waals surface area contributed by atoms with Gasteiger partial charge in [0.15, 0.2) is 0 Å². The molecule has 1 atom stereocenters. The lowest BCUT2D eigenvalue weighted by Gasteiger charge is -2.39. The van der Waals surface area contributed by atoms with Gasteiger partial charge in [0.2, 0.25) is 10.0 Å². The first-order chi connectivity index (χ1) is 12.6. The Morgan fingerprint density at radius 2 is 1.54 bits per heavy atom. The van der Waals surface area contributed by atoms with Gasteiger partial charge in [-0.2, -0.15) is 4.31 Å². The highest BCUT2D eigenvalue weighted by Crippen LogP contribution is 2.33. The maximum atomic E-state index is 13.6. The quantitative estimate of drug-likeness (QED) is 0.712. The third-order valence-electron chi connectivity index (χ3n) is 5.05. The lowest BCUT2D eigenvalue weighted by atomic mass is 10.1. The van der Waals surface area contributed by atoms with Crippen LogP contribution in [0.5, 0.6) is 0 Å². The van der Waals surface area contributed by atoms with Gasteiger partial charge in [0.1, 0.15) is 0 Å². The minimum absolute atomic E-state index is 0.182. The number of nitrogens with zero attached hydrogens (tertiary/aromatic N) is 2. The zero-order valence-electron chi connectivity index (χ0n) is 14.7. The zero-order chi connectivity index (χ0) is 18.1. The van der Waals surface area contributed by atoms with Crippen LogP contribution in [0, 0.1) is 0 Å². The Bertz CT molecular complexity index is 1010. The summed E-state index contributed by atoms with van der Waals surface area (Å²) in [5.41, 5.74) is 1.03.